The molecule has 1 N–H and O–H groups in total. The van der Waals surface area contributed by atoms with Gasteiger partial charge in [0.2, 0.25) is 0 Å². The van der Waals surface area contributed by atoms with Crippen LogP contribution >= 0.6 is 0 Å². The van der Waals surface area contributed by atoms with Gasteiger partial charge >= 0.3 is 18.4 Å². The number of ether oxygens (including phenoxy) is 1. The molecule has 1 rings (SSSR count). The second kappa shape index (κ2) is 6.02. The summed E-state index contributed by atoms with van der Waals surface area (Å²) in [5.41, 5.74) is -1.25. The predicted molar refractivity (Wildman–Crippen MR) is 55.7 cm³/mol. The summed E-state index contributed by atoms with van der Waals surface area (Å²) in [4.78, 5) is 10.9. The molecule has 0 aliphatic rings. The van der Waals surface area contributed by atoms with Crippen LogP contribution in [0.5, 0.6) is 0 Å². The highest BCUT2D eigenvalue weighted by molar-refractivity contribution is 5.67. The van der Waals surface area contributed by atoms with Crippen LogP contribution in [0.15, 0.2) is 24.3 Å². The lowest BCUT2D eigenvalue weighted by molar-refractivity contribution is -0.160. The molecule has 1 aromatic rings. The molecule has 9 heteroatoms. The quantitative estimate of drug-likeness (QED) is 0.868. The molecule has 0 heterocycles. The van der Waals surface area contributed by atoms with Crippen molar-refractivity contribution in [2.45, 2.75) is 18.9 Å². The van der Waals surface area contributed by atoms with Crippen LogP contribution in [0.2, 0.25) is 0 Å². The average molecular weight is 301 g/mol. The third-order valence-electron chi connectivity index (χ3n) is 2.11. The number of nitrogens with one attached hydrogen (secondary N) is 1. The minimum absolute atomic E-state index is 0.274. The van der Waals surface area contributed by atoms with Gasteiger partial charge in [0.1, 0.15) is 0 Å². The molecule has 112 valence electrons. The first-order valence-corrected chi connectivity index (χ1v) is 5.22. The van der Waals surface area contributed by atoms with E-state index in [-0.39, 0.29) is 5.56 Å². The fourth-order valence-electron chi connectivity index (χ4n) is 1.32. The Hall–Kier alpha value is -1.93. The Balaban J connectivity index is 2.60. The van der Waals surface area contributed by atoms with Crippen LogP contribution in [0.25, 0.3) is 0 Å². The van der Waals surface area contributed by atoms with Crippen molar-refractivity contribution in [1.29, 1.82) is 0 Å². The molecule has 0 aliphatic carbocycles. The van der Waals surface area contributed by atoms with Gasteiger partial charge in [-0.25, -0.2) is 4.79 Å². The van der Waals surface area contributed by atoms with E-state index >= 15 is 0 Å². The highest BCUT2D eigenvalue weighted by Crippen LogP contribution is 2.31. The van der Waals surface area contributed by atoms with E-state index in [1.165, 1.54) is 6.07 Å². The first-order valence-electron chi connectivity index (χ1n) is 5.22. The zero-order valence-electron chi connectivity index (χ0n) is 9.81. The molecular weight excluding hydrogens is 292 g/mol. The summed E-state index contributed by atoms with van der Waals surface area (Å²) in [6.07, 6.45) is -10.8. The Morgan fingerprint density at radius 1 is 1.10 bits per heavy atom. The highest BCUT2D eigenvalue weighted by Gasteiger charge is 2.33. The van der Waals surface area contributed by atoms with Gasteiger partial charge in [0, 0.05) is 6.54 Å². The maximum absolute atomic E-state index is 12.6. The summed E-state index contributed by atoms with van der Waals surface area (Å²) in [5, 5.41) is 1.82. The van der Waals surface area contributed by atoms with Crippen molar-refractivity contribution in [2.75, 3.05) is 6.61 Å². The first-order chi connectivity index (χ1) is 9.09. The lowest BCUT2D eigenvalue weighted by Gasteiger charge is -2.13. The lowest BCUT2D eigenvalue weighted by atomic mass is 10.1. The molecule has 0 fully saturated rings. The van der Waals surface area contributed by atoms with E-state index in [1.54, 1.807) is 0 Å². The van der Waals surface area contributed by atoms with Crippen molar-refractivity contribution >= 4 is 6.09 Å². The van der Waals surface area contributed by atoms with Crippen LogP contribution in [-0.2, 0) is 17.5 Å². The van der Waals surface area contributed by atoms with Gasteiger partial charge in [-0.05, 0) is 11.6 Å². The number of alkyl carbamates (subject to hydrolysis) is 1. The number of carbonyl (C=O) groups is 1. The third kappa shape index (κ3) is 5.37. The average Bonchev–Trinajstić information content (AvgIpc) is 2.32. The van der Waals surface area contributed by atoms with E-state index in [9.17, 15) is 31.1 Å². The van der Waals surface area contributed by atoms with Crippen LogP contribution in [0.3, 0.4) is 0 Å². The second-order valence-electron chi connectivity index (χ2n) is 3.70. The predicted octanol–water partition coefficient (Wildman–Crippen LogP) is 3.49. The van der Waals surface area contributed by atoms with Gasteiger partial charge in [-0.3, -0.25) is 0 Å². The molecule has 0 atom stereocenters. The number of benzene rings is 1. The van der Waals surface area contributed by atoms with Gasteiger partial charge in [0.15, 0.2) is 6.61 Å². The van der Waals surface area contributed by atoms with E-state index in [0.29, 0.717) is 0 Å². The van der Waals surface area contributed by atoms with Crippen molar-refractivity contribution in [3.63, 3.8) is 0 Å². The highest BCUT2D eigenvalue weighted by atomic mass is 19.4. The summed E-state index contributed by atoms with van der Waals surface area (Å²) in [6.45, 7) is -2.40. The van der Waals surface area contributed by atoms with E-state index in [0.717, 1.165) is 18.2 Å². The summed E-state index contributed by atoms with van der Waals surface area (Å²) in [5.74, 6) is 0. The van der Waals surface area contributed by atoms with Crippen molar-refractivity contribution in [3.8, 4) is 0 Å². The zero-order valence-corrected chi connectivity index (χ0v) is 9.81. The Kier molecular flexibility index (Phi) is 4.85. The number of halogens is 6. The van der Waals surface area contributed by atoms with Gasteiger partial charge in [-0.15, -0.1) is 0 Å². The largest absolute Gasteiger partial charge is 0.440 e. The summed E-state index contributed by atoms with van der Waals surface area (Å²) >= 11 is 0. The monoisotopic (exact) mass is 301 g/mol. The fourth-order valence-corrected chi connectivity index (χ4v) is 1.32. The fraction of sp³-hybridized carbons (Fsp3) is 0.364. The molecular formula is C11H9F6NO2. The topological polar surface area (TPSA) is 38.3 Å². The molecule has 1 aromatic carbocycles. The number of amides is 1. The van der Waals surface area contributed by atoms with Crippen LogP contribution in [0.1, 0.15) is 11.1 Å². The van der Waals surface area contributed by atoms with E-state index in [2.05, 4.69) is 4.74 Å². The molecule has 1 amide bonds. The van der Waals surface area contributed by atoms with Crippen molar-refractivity contribution < 1.29 is 35.9 Å². The minimum atomic E-state index is -4.69. The SMILES string of the molecule is O=C(NCc1ccccc1C(F)(F)F)OCC(F)(F)F. The number of hydrogen-bond donors (Lipinski definition) is 1. The van der Waals surface area contributed by atoms with Crippen LogP contribution in [0.4, 0.5) is 31.1 Å². The maximum atomic E-state index is 12.6. The van der Waals surface area contributed by atoms with Crippen molar-refractivity contribution in [3.05, 3.63) is 35.4 Å². The number of alkyl halides is 6. The summed E-state index contributed by atoms with van der Waals surface area (Å²) in [7, 11) is 0. The Labute approximate surface area is 109 Å². The molecule has 0 aromatic heterocycles. The molecule has 0 saturated carbocycles. The number of rotatable bonds is 3. The standard InChI is InChI=1S/C11H9F6NO2/c12-10(13,14)6-20-9(19)18-5-7-3-1-2-4-8(7)11(15,16)17/h1-4H,5-6H2,(H,18,19). The molecule has 3 nitrogen and oxygen atoms in total. The zero-order chi connectivity index (χ0) is 15.4. The molecule has 0 radical (unpaired) electrons. The summed E-state index contributed by atoms with van der Waals surface area (Å²) in [6, 6.07) is 4.38. The summed E-state index contributed by atoms with van der Waals surface area (Å²) < 4.78 is 76.8. The molecule has 0 spiro atoms. The van der Waals surface area contributed by atoms with E-state index < -0.39 is 37.2 Å². The van der Waals surface area contributed by atoms with E-state index in [4.69, 9.17) is 0 Å². The van der Waals surface area contributed by atoms with Crippen LogP contribution < -0.4 is 5.32 Å². The van der Waals surface area contributed by atoms with E-state index in [1.807, 2.05) is 5.32 Å². The first kappa shape index (κ1) is 16.1. The number of carbonyl (C=O) groups excluding carboxylic acids is 1. The van der Waals surface area contributed by atoms with Crippen molar-refractivity contribution in [2.24, 2.45) is 0 Å². The molecule has 0 unspecified atom stereocenters. The smallest absolute Gasteiger partial charge is 0.422 e. The van der Waals surface area contributed by atoms with Crippen LogP contribution in [0, 0.1) is 0 Å². The molecule has 0 bridgehead atoms. The third-order valence-corrected chi connectivity index (χ3v) is 2.11. The Morgan fingerprint density at radius 2 is 1.70 bits per heavy atom. The second-order valence-corrected chi connectivity index (χ2v) is 3.70. The van der Waals surface area contributed by atoms with Gasteiger partial charge in [0.05, 0.1) is 5.56 Å². The van der Waals surface area contributed by atoms with Gasteiger partial charge < -0.3 is 10.1 Å². The minimum Gasteiger partial charge on any atom is -0.440 e. The van der Waals surface area contributed by atoms with Gasteiger partial charge in [-0.1, -0.05) is 18.2 Å². The Bertz CT molecular complexity index is 469. The van der Waals surface area contributed by atoms with Crippen LogP contribution in [-0.4, -0.2) is 18.9 Å². The molecule has 0 saturated heterocycles. The number of hydrogen-bond acceptors (Lipinski definition) is 2. The normalized spacial score (nSPS) is 12.1. The maximum Gasteiger partial charge on any atom is 0.422 e. The molecule has 20 heavy (non-hydrogen) atoms. The Morgan fingerprint density at radius 3 is 2.25 bits per heavy atom. The molecule has 0 aliphatic heterocycles. The van der Waals surface area contributed by atoms with Crippen molar-refractivity contribution in [1.82, 2.24) is 5.32 Å². The van der Waals surface area contributed by atoms with Gasteiger partial charge in [0.25, 0.3) is 0 Å². The lowest BCUT2D eigenvalue weighted by Crippen LogP contribution is -2.29. The van der Waals surface area contributed by atoms with Gasteiger partial charge in [-0.2, -0.15) is 26.3 Å².